The van der Waals surface area contributed by atoms with Gasteiger partial charge in [-0.3, -0.25) is 0 Å². The number of fused-ring (bicyclic) bond motifs is 8. The topological polar surface area (TPSA) is 9.86 Å². The van der Waals surface area contributed by atoms with E-state index in [4.69, 9.17) is 0 Å². The number of hydrogen-bond acceptors (Lipinski definition) is 0. The zero-order chi connectivity index (χ0) is 21.4. The van der Waals surface area contributed by atoms with Crippen LogP contribution in [0.4, 0.5) is 0 Å². The standard InChI is InChI=1S/C30H22N2/c1-31-26-10-6-5-9-23(26)25-17-20(13-15-27(25)31)21-11-14-24-29(18-21)32(2)28-16-12-19-7-3-4-8-22(19)30(24)28/h3-18H,1-2H3. The van der Waals surface area contributed by atoms with Gasteiger partial charge in [0.15, 0.2) is 0 Å². The van der Waals surface area contributed by atoms with Crippen molar-refractivity contribution in [1.82, 2.24) is 9.13 Å². The van der Waals surface area contributed by atoms with Crippen LogP contribution in [-0.2, 0) is 14.1 Å². The van der Waals surface area contributed by atoms with E-state index in [9.17, 15) is 0 Å². The molecule has 5 aromatic carbocycles. The van der Waals surface area contributed by atoms with Crippen molar-refractivity contribution in [2.45, 2.75) is 0 Å². The molecule has 2 heterocycles. The molecule has 0 saturated carbocycles. The van der Waals surface area contributed by atoms with Crippen molar-refractivity contribution in [3.63, 3.8) is 0 Å². The molecule has 0 bridgehead atoms. The highest BCUT2D eigenvalue weighted by Gasteiger charge is 2.13. The van der Waals surface area contributed by atoms with Gasteiger partial charge in [-0.05, 0) is 52.2 Å². The van der Waals surface area contributed by atoms with E-state index in [2.05, 4.69) is 120 Å². The summed E-state index contributed by atoms with van der Waals surface area (Å²) in [5.74, 6) is 0. The number of nitrogens with zero attached hydrogens (tertiary/aromatic N) is 2. The summed E-state index contributed by atoms with van der Waals surface area (Å²) in [4.78, 5) is 0. The van der Waals surface area contributed by atoms with Crippen molar-refractivity contribution < 1.29 is 0 Å². The van der Waals surface area contributed by atoms with Gasteiger partial charge in [0, 0.05) is 57.7 Å². The van der Waals surface area contributed by atoms with Crippen LogP contribution >= 0.6 is 0 Å². The van der Waals surface area contributed by atoms with Gasteiger partial charge in [0.05, 0.1) is 0 Å². The Kier molecular flexibility index (Phi) is 3.44. The van der Waals surface area contributed by atoms with Gasteiger partial charge in [-0.15, -0.1) is 0 Å². The third kappa shape index (κ3) is 2.24. The molecule has 0 fully saturated rings. The fourth-order valence-corrected chi connectivity index (χ4v) is 5.50. The first-order valence-corrected chi connectivity index (χ1v) is 11.1. The second-order valence-electron chi connectivity index (χ2n) is 8.78. The van der Waals surface area contributed by atoms with Gasteiger partial charge in [-0.2, -0.15) is 0 Å². The average molecular weight is 411 g/mol. The molecule has 0 spiro atoms. The van der Waals surface area contributed by atoms with E-state index in [1.54, 1.807) is 0 Å². The van der Waals surface area contributed by atoms with E-state index in [1.165, 1.54) is 65.5 Å². The van der Waals surface area contributed by atoms with Crippen molar-refractivity contribution in [1.29, 1.82) is 0 Å². The number of para-hydroxylation sites is 1. The first-order chi connectivity index (χ1) is 15.7. The zero-order valence-electron chi connectivity index (χ0n) is 18.1. The van der Waals surface area contributed by atoms with Crippen LogP contribution in [0.5, 0.6) is 0 Å². The van der Waals surface area contributed by atoms with Crippen molar-refractivity contribution in [2.24, 2.45) is 14.1 Å². The van der Waals surface area contributed by atoms with Gasteiger partial charge in [0.1, 0.15) is 0 Å². The van der Waals surface area contributed by atoms with Crippen LogP contribution in [0, 0.1) is 0 Å². The lowest BCUT2D eigenvalue weighted by Crippen LogP contribution is -1.88. The summed E-state index contributed by atoms with van der Waals surface area (Å²) in [5.41, 5.74) is 7.60. The molecule has 0 aliphatic carbocycles. The van der Waals surface area contributed by atoms with E-state index in [0.717, 1.165) is 0 Å². The van der Waals surface area contributed by atoms with Crippen molar-refractivity contribution in [2.75, 3.05) is 0 Å². The summed E-state index contributed by atoms with van der Waals surface area (Å²) in [5, 5.41) is 7.89. The molecule has 0 N–H and O–H groups in total. The highest BCUT2D eigenvalue weighted by Crippen LogP contribution is 2.37. The number of aromatic nitrogens is 2. The first kappa shape index (κ1) is 17.6. The predicted octanol–water partition coefficient (Wildman–Crippen LogP) is 7.80. The van der Waals surface area contributed by atoms with Crippen LogP contribution in [0.25, 0.3) is 65.5 Å². The van der Waals surface area contributed by atoms with Crippen LogP contribution in [0.1, 0.15) is 0 Å². The molecule has 0 amide bonds. The molecule has 0 atom stereocenters. The number of benzene rings is 5. The molecule has 2 aromatic heterocycles. The SMILES string of the molecule is Cn1c2ccccc2c2cc(-c3ccc4c5c6ccccc6ccc5n(C)c4c3)ccc21. The minimum absolute atomic E-state index is 1.25. The minimum atomic E-state index is 1.25. The number of aryl methyl sites for hydroxylation is 2. The Balaban J connectivity index is 1.50. The van der Waals surface area contributed by atoms with Gasteiger partial charge in [-0.25, -0.2) is 0 Å². The van der Waals surface area contributed by atoms with Crippen LogP contribution in [0.2, 0.25) is 0 Å². The summed E-state index contributed by atoms with van der Waals surface area (Å²) in [6.45, 7) is 0. The summed E-state index contributed by atoms with van der Waals surface area (Å²) >= 11 is 0. The van der Waals surface area contributed by atoms with E-state index in [-0.39, 0.29) is 0 Å². The lowest BCUT2D eigenvalue weighted by Gasteiger charge is -2.05. The second-order valence-corrected chi connectivity index (χ2v) is 8.78. The monoisotopic (exact) mass is 410 g/mol. The number of hydrogen-bond donors (Lipinski definition) is 0. The van der Waals surface area contributed by atoms with Gasteiger partial charge >= 0.3 is 0 Å². The maximum atomic E-state index is 2.34. The molecule has 0 unspecified atom stereocenters. The molecule has 7 rings (SSSR count). The lowest BCUT2D eigenvalue weighted by atomic mass is 10.00. The molecule has 0 radical (unpaired) electrons. The zero-order valence-corrected chi connectivity index (χ0v) is 18.1. The molecule has 0 aliphatic rings. The molecule has 2 nitrogen and oxygen atoms in total. The Morgan fingerprint density at radius 1 is 0.438 bits per heavy atom. The second kappa shape index (κ2) is 6.24. The maximum absolute atomic E-state index is 2.34. The predicted molar refractivity (Wildman–Crippen MR) is 137 cm³/mol. The van der Waals surface area contributed by atoms with Crippen LogP contribution in [-0.4, -0.2) is 9.13 Å². The van der Waals surface area contributed by atoms with Gasteiger partial charge in [0.25, 0.3) is 0 Å². The van der Waals surface area contributed by atoms with E-state index in [0.29, 0.717) is 0 Å². The fraction of sp³-hybridized carbons (Fsp3) is 0.0667. The van der Waals surface area contributed by atoms with Crippen LogP contribution < -0.4 is 0 Å². The summed E-state index contributed by atoms with van der Waals surface area (Å²) in [6, 6.07) is 35.6. The largest absolute Gasteiger partial charge is 0.344 e. The van der Waals surface area contributed by atoms with E-state index < -0.39 is 0 Å². The highest BCUT2D eigenvalue weighted by atomic mass is 14.9. The average Bonchev–Trinajstić information content (AvgIpc) is 3.30. The Morgan fingerprint density at radius 2 is 1.09 bits per heavy atom. The Labute approximate surface area is 185 Å². The van der Waals surface area contributed by atoms with Crippen molar-refractivity contribution in [3.05, 3.63) is 97.1 Å². The third-order valence-corrected chi connectivity index (χ3v) is 7.14. The summed E-state index contributed by atoms with van der Waals surface area (Å²) < 4.78 is 4.61. The third-order valence-electron chi connectivity index (χ3n) is 7.14. The minimum Gasteiger partial charge on any atom is -0.344 e. The first-order valence-electron chi connectivity index (χ1n) is 11.1. The number of rotatable bonds is 1. The molecule has 0 aliphatic heterocycles. The smallest absolute Gasteiger partial charge is 0.0495 e. The lowest BCUT2D eigenvalue weighted by molar-refractivity contribution is 1.01. The van der Waals surface area contributed by atoms with Crippen LogP contribution in [0.15, 0.2) is 97.1 Å². The molecule has 2 heteroatoms. The van der Waals surface area contributed by atoms with Gasteiger partial charge in [-0.1, -0.05) is 66.7 Å². The van der Waals surface area contributed by atoms with Gasteiger partial charge < -0.3 is 9.13 Å². The maximum Gasteiger partial charge on any atom is 0.0495 e. The van der Waals surface area contributed by atoms with E-state index in [1.807, 2.05) is 0 Å². The molecule has 0 saturated heterocycles. The Bertz CT molecular complexity index is 1850. The van der Waals surface area contributed by atoms with Crippen LogP contribution in [0.3, 0.4) is 0 Å². The summed E-state index contributed by atoms with van der Waals surface area (Å²) in [6.07, 6.45) is 0. The Morgan fingerprint density at radius 3 is 2.00 bits per heavy atom. The Hall–Kier alpha value is -4.04. The molecular formula is C30H22N2. The van der Waals surface area contributed by atoms with Crippen molar-refractivity contribution >= 4 is 54.4 Å². The fourth-order valence-electron chi connectivity index (χ4n) is 5.50. The van der Waals surface area contributed by atoms with Gasteiger partial charge in [0.2, 0.25) is 0 Å². The highest BCUT2D eigenvalue weighted by molar-refractivity contribution is 6.21. The summed E-state index contributed by atoms with van der Waals surface area (Å²) in [7, 11) is 4.33. The molecule has 152 valence electrons. The van der Waals surface area contributed by atoms with E-state index >= 15 is 0 Å². The molecule has 32 heavy (non-hydrogen) atoms. The van der Waals surface area contributed by atoms with Crippen molar-refractivity contribution in [3.8, 4) is 11.1 Å². The normalized spacial score (nSPS) is 12.1. The molecular weight excluding hydrogens is 388 g/mol. The molecule has 7 aromatic rings. The quantitative estimate of drug-likeness (QED) is 0.261.